The fraction of sp³-hybridized carbons (Fsp3) is 0.833. The smallest absolute Gasteiger partial charge is 0.407 e. The lowest BCUT2D eigenvalue weighted by Crippen LogP contribution is -2.45. The van der Waals surface area contributed by atoms with E-state index in [1.807, 2.05) is 0 Å². The summed E-state index contributed by atoms with van der Waals surface area (Å²) >= 11 is 0. The van der Waals surface area contributed by atoms with Gasteiger partial charge in [-0.25, -0.2) is 4.79 Å². The summed E-state index contributed by atoms with van der Waals surface area (Å²) in [5, 5.41) is 8.42. The molecule has 0 bridgehead atoms. The Balaban J connectivity index is 3.80. The number of carboxylic acid groups (broad SMARTS) is 1. The summed E-state index contributed by atoms with van der Waals surface area (Å²) in [5.74, 6) is 0. The lowest BCUT2D eigenvalue weighted by Gasteiger charge is -2.23. The number of hydrogen-bond acceptors (Lipinski definition) is 2. The lowest BCUT2D eigenvalue weighted by molar-refractivity contribution is 0.148. The minimum Gasteiger partial charge on any atom is -0.465 e. The van der Waals surface area contributed by atoms with Crippen molar-refractivity contribution in [2.24, 2.45) is 5.73 Å². The fourth-order valence-corrected chi connectivity index (χ4v) is 0.679. The van der Waals surface area contributed by atoms with Crippen LogP contribution in [-0.2, 0) is 0 Å². The third kappa shape index (κ3) is 4.14. The van der Waals surface area contributed by atoms with Crippen LogP contribution in [0.1, 0.15) is 13.8 Å². The molecule has 0 aromatic carbocycles. The number of nitrogens with zero attached hydrogens (tertiary/aromatic N) is 1. The Kier molecular flexibility index (Phi) is 2.65. The molecule has 4 heteroatoms. The summed E-state index contributed by atoms with van der Waals surface area (Å²) in [7, 11) is 1.50. The first-order valence-electron chi connectivity index (χ1n) is 3.06. The molecule has 0 heterocycles. The average Bonchev–Trinajstić information content (AvgIpc) is 1.60. The zero-order chi connectivity index (χ0) is 8.36. The van der Waals surface area contributed by atoms with Gasteiger partial charge in [0.15, 0.2) is 0 Å². The molecule has 0 saturated heterocycles. The van der Waals surface area contributed by atoms with E-state index in [2.05, 4.69) is 0 Å². The SMILES string of the molecule is CN(CC(C)(C)N)C(=O)O. The highest BCUT2D eigenvalue weighted by molar-refractivity contribution is 5.64. The molecule has 0 aromatic rings. The Hall–Kier alpha value is -0.770. The number of hydrogen-bond donors (Lipinski definition) is 2. The number of likely N-dealkylation sites (N-methyl/N-ethyl adjacent to an activating group) is 1. The van der Waals surface area contributed by atoms with E-state index in [-0.39, 0.29) is 0 Å². The molecular weight excluding hydrogens is 132 g/mol. The van der Waals surface area contributed by atoms with Gasteiger partial charge in [-0.3, -0.25) is 0 Å². The molecule has 0 saturated carbocycles. The minimum atomic E-state index is -0.946. The molecule has 3 N–H and O–H groups in total. The van der Waals surface area contributed by atoms with Crippen LogP contribution < -0.4 is 5.73 Å². The second-order valence-electron chi connectivity index (χ2n) is 3.13. The molecule has 0 aliphatic heterocycles. The van der Waals surface area contributed by atoms with Gasteiger partial charge < -0.3 is 15.7 Å². The highest BCUT2D eigenvalue weighted by Crippen LogP contribution is 1.98. The highest BCUT2D eigenvalue weighted by atomic mass is 16.4. The Labute approximate surface area is 60.6 Å². The number of amides is 1. The molecule has 4 nitrogen and oxygen atoms in total. The molecule has 1 amide bonds. The van der Waals surface area contributed by atoms with Crippen molar-refractivity contribution < 1.29 is 9.90 Å². The summed E-state index contributed by atoms with van der Waals surface area (Å²) in [5.41, 5.74) is 5.12. The fourth-order valence-electron chi connectivity index (χ4n) is 0.679. The number of nitrogens with two attached hydrogens (primary N) is 1. The van der Waals surface area contributed by atoms with Crippen LogP contribution in [0, 0.1) is 0 Å². The molecule has 0 aliphatic carbocycles. The second-order valence-corrected chi connectivity index (χ2v) is 3.13. The summed E-state index contributed by atoms with van der Waals surface area (Å²) in [6.07, 6.45) is -0.946. The van der Waals surface area contributed by atoms with Crippen LogP contribution in [0.2, 0.25) is 0 Å². The summed E-state index contributed by atoms with van der Waals surface area (Å²) < 4.78 is 0. The van der Waals surface area contributed by atoms with Crippen molar-refractivity contribution in [2.45, 2.75) is 19.4 Å². The van der Waals surface area contributed by atoms with Crippen molar-refractivity contribution in [3.63, 3.8) is 0 Å². The van der Waals surface area contributed by atoms with Crippen molar-refractivity contribution in [2.75, 3.05) is 13.6 Å². The maximum Gasteiger partial charge on any atom is 0.407 e. The van der Waals surface area contributed by atoms with Gasteiger partial charge in [-0.05, 0) is 13.8 Å². The van der Waals surface area contributed by atoms with Crippen LogP contribution in [-0.4, -0.2) is 35.2 Å². The third-order valence-electron chi connectivity index (χ3n) is 0.971. The van der Waals surface area contributed by atoms with E-state index in [1.54, 1.807) is 13.8 Å². The van der Waals surface area contributed by atoms with Crippen molar-refractivity contribution in [3.8, 4) is 0 Å². The predicted octanol–water partition coefficient (Wildman–Crippen LogP) is 0.334. The first-order valence-corrected chi connectivity index (χ1v) is 3.06. The van der Waals surface area contributed by atoms with Gasteiger partial charge >= 0.3 is 6.09 Å². The molecule has 0 atom stereocenters. The van der Waals surface area contributed by atoms with Crippen LogP contribution >= 0.6 is 0 Å². The van der Waals surface area contributed by atoms with E-state index >= 15 is 0 Å². The van der Waals surface area contributed by atoms with Gasteiger partial charge in [0, 0.05) is 19.1 Å². The Morgan fingerprint density at radius 1 is 1.70 bits per heavy atom. The van der Waals surface area contributed by atoms with Gasteiger partial charge in [-0.1, -0.05) is 0 Å². The van der Waals surface area contributed by atoms with E-state index in [1.165, 1.54) is 11.9 Å². The zero-order valence-corrected chi connectivity index (χ0v) is 6.59. The van der Waals surface area contributed by atoms with Crippen LogP contribution in [0.3, 0.4) is 0 Å². The standard InChI is InChI=1S/C6H14N2O2/c1-6(2,7)4-8(3)5(9)10/h4,7H2,1-3H3,(H,9,10). The number of carbonyl (C=O) groups is 1. The first-order chi connectivity index (χ1) is 4.33. The Bertz CT molecular complexity index is 128. The molecular formula is C6H14N2O2. The molecule has 0 rings (SSSR count). The lowest BCUT2D eigenvalue weighted by atomic mass is 10.1. The summed E-state index contributed by atoms with van der Waals surface area (Å²) in [4.78, 5) is 11.4. The van der Waals surface area contributed by atoms with Crippen molar-refractivity contribution in [1.29, 1.82) is 0 Å². The van der Waals surface area contributed by atoms with Gasteiger partial charge in [-0.15, -0.1) is 0 Å². The number of rotatable bonds is 2. The van der Waals surface area contributed by atoms with Gasteiger partial charge in [-0.2, -0.15) is 0 Å². The second kappa shape index (κ2) is 2.88. The van der Waals surface area contributed by atoms with Crippen LogP contribution in [0.4, 0.5) is 4.79 Å². The first kappa shape index (κ1) is 9.23. The topological polar surface area (TPSA) is 66.6 Å². The Morgan fingerprint density at radius 3 is 2.20 bits per heavy atom. The molecule has 0 spiro atoms. The molecule has 0 unspecified atom stereocenters. The predicted molar refractivity (Wildman–Crippen MR) is 38.9 cm³/mol. The normalized spacial score (nSPS) is 11.2. The van der Waals surface area contributed by atoms with Gasteiger partial charge in [0.05, 0.1) is 0 Å². The average molecular weight is 146 g/mol. The van der Waals surface area contributed by atoms with Gasteiger partial charge in [0.25, 0.3) is 0 Å². The van der Waals surface area contributed by atoms with Crippen molar-refractivity contribution in [1.82, 2.24) is 4.90 Å². The third-order valence-corrected chi connectivity index (χ3v) is 0.971. The molecule has 0 aromatic heterocycles. The van der Waals surface area contributed by atoms with Crippen molar-refractivity contribution in [3.05, 3.63) is 0 Å². The van der Waals surface area contributed by atoms with E-state index in [0.29, 0.717) is 6.54 Å². The maximum absolute atomic E-state index is 10.2. The molecule has 0 aliphatic rings. The van der Waals surface area contributed by atoms with Crippen LogP contribution in [0.5, 0.6) is 0 Å². The molecule has 0 radical (unpaired) electrons. The molecule has 60 valence electrons. The quantitative estimate of drug-likeness (QED) is 0.590. The van der Waals surface area contributed by atoms with E-state index < -0.39 is 11.6 Å². The summed E-state index contributed by atoms with van der Waals surface area (Å²) in [6, 6.07) is 0. The van der Waals surface area contributed by atoms with E-state index in [9.17, 15) is 4.79 Å². The van der Waals surface area contributed by atoms with Crippen LogP contribution in [0.15, 0.2) is 0 Å². The highest BCUT2D eigenvalue weighted by Gasteiger charge is 2.16. The van der Waals surface area contributed by atoms with Crippen molar-refractivity contribution >= 4 is 6.09 Å². The molecule has 10 heavy (non-hydrogen) atoms. The zero-order valence-electron chi connectivity index (χ0n) is 6.59. The van der Waals surface area contributed by atoms with Crippen LogP contribution in [0.25, 0.3) is 0 Å². The van der Waals surface area contributed by atoms with Gasteiger partial charge in [0.1, 0.15) is 0 Å². The van der Waals surface area contributed by atoms with E-state index in [0.717, 1.165) is 0 Å². The largest absolute Gasteiger partial charge is 0.465 e. The monoisotopic (exact) mass is 146 g/mol. The maximum atomic E-state index is 10.2. The van der Waals surface area contributed by atoms with E-state index in [4.69, 9.17) is 10.8 Å². The van der Waals surface area contributed by atoms with Gasteiger partial charge in [0.2, 0.25) is 0 Å². The minimum absolute atomic E-state index is 0.350. The molecule has 0 fully saturated rings. The summed E-state index contributed by atoms with van der Waals surface area (Å²) in [6.45, 7) is 3.92. The Morgan fingerprint density at radius 2 is 2.10 bits per heavy atom.